The topological polar surface area (TPSA) is 46.3 Å². The van der Waals surface area contributed by atoms with Crippen LogP contribution in [-0.4, -0.2) is 22.9 Å². The monoisotopic (exact) mass is 302 g/mol. The van der Waals surface area contributed by atoms with Gasteiger partial charge in [0.05, 0.1) is 6.04 Å². The molecule has 0 aliphatic carbocycles. The smallest absolute Gasteiger partial charge is 0.223 e. The van der Waals surface area contributed by atoms with Crippen molar-refractivity contribution >= 4 is 27.3 Å². The van der Waals surface area contributed by atoms with Gasteiger partial charge in [0.2, 0.25) is 5.91 Å². The van der Waals surface area contributed by atoms with Crippen LogP contribution in [0.5, 0.6) is 0 Å². The first-order chi connectivity index (χ1) is 10.1. The van der Waals surface area contributed by atoms with Gasteiger partial charge in [0.25, 0.3) is 0 Å². The molecule has 1 aliphatic rings. The number of fused-ring (bicyclic) bond motifs is 1. The zero-order chi connectivity index (χ0) is 15.0. The van der Waals surface area contributed by atoms with Gasteiger partial charge in [-0.3, -0.25) is 4.79 Å². The lowest BCUT2D eigenvalue weighted by molar-refractivity contribution is -0.135. The Kier molecular flexibility index (Phi) is 4.00. The highest BCUT2D eigenvalue weighted by Crippen LogP contribution is 2.38. The first kappa shape index (κ1) is 14.5. The Hall–Kier alpha value is -1.39. The van der Waals surface area contributed by atoms with Gasteiger partial charge in [-0.1, -0.05) is 18.2 Å². The van der Waals surface area contributed by atoms with Gasteiger partial charge >= 0.3 is 0 Å². The summed E-state index contributed by atoms with van der Waals surface area (Å²) in [5, 5.41) is 3.42. The minimum absolute atomic E-state index is 0.00356. The van der Waals surface area contributed by atoms with Crippen molar-refractivity contribution in [1.29, 1.82) is 0 Å². The summed E-state index contributed by atoms with van der Waals surface area (Å²) in [6.07, 6.45) is 2.41. The van der Waals surface area contributed by atoms with Crippen LogP contribution in [0.1, 0.15) is 44.7 Å². The molecule has 0 bridgehead atoms. The van der Waals surface area contributed by atoms with E-state index in [0.29, 0.717) is 6.42 Å². The van der Waals surface area contributed by atoms with Crippen LogP contribution >= 0.6 is 11.3 Å². The van der Waals surface area contributed by atoms with E-state index in [1.807, 2.05) is 4.90 Å². The molecule has 0 spiro atoms. The molecule has 1 aromatic carbocycles. The minimum atomic E-state index is -0.00356. The van der Waals surface area contributed by atoms with E-state index >= 15 is 0 Å². The number of hydrogen-bond donors (Lipinski definition) is 1. The number of hydrogen-bond acceptors (Lipinski definition) is 3. The lowest BCUT2D eigenvalue weighted by Crippen LogP contribution is -2.45. The number of likely N-dealkylation sites (tertiary alicyclic amines) is 1. The number of nitrogens with zero attached hydrogens (tertiary/aromatic N) is 1. The van der Waals surface area contributed by atoms with Gasteiger partial charge in [-0.05, 0) is 49.1 Å². The highest BCUT2D eigenvalue weighted by molar-refractivity contribution is 7.17. The van der Waals surface area contributed by atoms with Gasteiger partial charge in [0, 0.05) is 23.2 Å². The van der Waals surface area contributed by atoms with E-state index in [2.05, 4.69) is 43.5 Å². The fourth-order valence-electron chi connectivity index (χ4n) is 3.35. The molecule has 2 aromatic rings. The maximum absolute atomic E-state index is 12.5. The third kappa shape index (κ3) is 2.58. The molecule has 3 nitrogen and oxygen atoms in total. The largest absolute Gasteiger partial charge is 0.332 e. The maximum atomic E-state index is 12.5. The van der Waals surface area contributed by atoms with Crippen LogP contribution in [0.3, 0.4) is 0 Å². The van der Waals surface area contributed by atoms with Crippen LogP contribution in [0.2, 0.25) is 0 Å². The summed E-state index contributed by atoms with van der Waals surface area (Å²) in [5.74, 6) is 0.234. The average Bonchev–Trinajstić information content (AvgIpc) is 2.80. The molecule has 2 unspecified atom stereocenters. The number of carbonyl (C=O) groups is 1. The third-order valence-corrected chi connectivity index (χ3v) is 5.29. The summed E-state index contributed by atoms with van der Waals surface area (Å²) in [5.41, 5.74) is 7.68. The van der Waals surface area contributed by atoms with E-state index < -0.39 is 0 Å². The van der Waals surface area contributed by atoms with Crippen molar-refractivity contribution in [1.82, 2.24) is 4.90 Å². The lowest BCUT2D eigenvalue weighted by atomic mass is 9.95. The van der Waals surface area contributed by atoms with Crippen molar-refractivity contribution in [2.45, 2.75) is 51.2 Å². The van der Waals surface area contributed by atoms with Gasteiger partial charge in [-0.2, -0.15) is 0 Å². The summed E-state index contributed by atoms with van der Waals surface area (Å²) in [6.45, 7) is 4.16. The molecular formula is C17H22N2OS. The average molecular weight is 302 g/mol. The molecule has 2 heterocycles. The highest BCUT2D eigenvalue weighted by atomic mass is 32.1. The van der Waals surface area contributed by atoms with Gasteiger partial charge in [-0.15, -0.1) is 11.3 Å². The molecule has 1 aromatic heterocycles. The van der Waals surface area contributed by atoms with Crippen molar-refractivity contribution < 1.29 is 4.79 Å². The van der Waals surface area contributed by atoms with Crippen LogP contribution in [0.15, 0.2) is 29.6 Å². The van der Waals surface area contributed by atoms with E-state index in [4.69, 9.17) is 5.73 Å². The van der Waals surface area contributed by atoms with Gasteiger partial charge in [-0.25, -0.2) is 0 Å². The molecule has 1 aliphatic heterocycles. The zero-order valence-corrected chi connectivity index (χ0v) is 13.4. The van der Waals surface area contributed by atoms with Crippen molar-refractivity contribution in [3.05, 3.63) is 35.2 Å². The van der Waals surface area contributed by atoms with E-state index in [9.17, 15) is 4.79 Å². The Morgan fingerprint density at radius 1 is 1.33 bits per heavy atom. The normalized spacial score (nSPS) is 23.8. The SMILES string of the molecule is CC(C)N1C(=O)CCCC(N)C1c1csc2ccccc12. The van der Waals surface area contributed by atoms with E-state index in [0.717, 1.165) is 12.8 Å². The summed E-state index contributed by atoms with van der Waals surface area (Å²) < 4.78 is 1.26. The number of thiophene rings is 1. The van der Waals surface area contributed by atoms with Gasteiger partial charge in [0.15, 0.2) is 0 Å². The fraction of sp³-hybridized carbons (Fsp3) is 0.471. The Bertz CT molecular complexity index is 649. The maximum Gasteiger partial charge on any atom is 0.223 e. The number of amides is 1. The van der Waals surface area contributed by atoms with Crippen molar-refractivity contribution in [3.63, 3.8) is 0 Å². The number of carbonyl (C=O) groups excluding carboxylic acids is 1. The van der Waals surface area contributed by atoms with Crippen LogP contribution in [-0.2, 0) is 4.79 Å². The van der Waals surface area contributed by atoms with E-state index in [-0.39, 0.29) is 24.0 Å². The Labute approximate surface area is 129 Å². The Morgan fingerprint density at radius 2 is 2.10 bits per heavy atom. The summed E-state index contributed by atoms with van der Waals surface area (Å²) in [4.78, 5) is 14.5. The zero-order valence-electron chi connectivity index (χ0n) is 12.6. The van der Waals surface area contributed by atoms with Crippen LogP contribution in [0.25, 0.3) is 10.1 Å². The minimum Gasteiger partial charge on any atom is -0.332 e. The Balaban J connectivity index is 2.12. The summed E-state index contributed by atoms with van der Waals surface area (Å²) >= 11 is 1.74. The molecule has 1 fully saturated rings. The Morgan fingerprint density at radius 3 is 2.86 bits per heavy atom. The van der Waals surface area contributed by atoms with Crippen LogP contribution < -0.4 is 5.73 Å². The molecule has 21 heavy (non-hydrogen) atoms. The predicted molar refractivity (Wildman–Crippen MR) is 88.4 cm³/mol. The molecule has 2 N–H and O–H groups in total. The highest BCUT2D eigenvalue weighted by Gasteiger charge is 2.35. The standard InChI is InChI=1S/C17H22N2OS/c1-11(2)19-16(20)9-5-7-14(18)17(19)13-10-21-15-8-4-3-6-12(13)15/h3-4,6,8,10-11,14,17H,5,7,9,18H2,1-2H3. The first-order valence-electron chi connectivity index (χ1n) is 7.62. The molecular weight excluding hydrogens is 280 g/mol. The van der Waals surface area contributed by atoms with Crippen molar-refractivity contribution in [2.24, 2.45) is 5.73 Å². The molecule has 3 rings (SSSR count). The van der Waals surface area contributed by atoms with Crippen LogP contribution in [0, 0.1) is 0 Å². The molecule has 1 amide bonds. The quantitative estimate of drug-likeness (QED) is 0.919. The number of benzene rings is 1. The summed E-state index contributed by atoms with van der Waals surface area (Å²) in [7, 11) is 0. The molecule has 4 heteroatoms. The number of nitrogens with two attached hydrogens (primary N) is 1. The lowest BCUT2D eigenvalue weighted by Gasteiger charge is -2.36. The third-order valence-electron chi connectivity index (χ3n) is 4.31. The van der Waals surface area contributed by atoms with Gasteiger partial charge < -0.3 is 10.6 Å². The molecule has 2 atom stereocenters. The molecule has 0 radical (unpaired) electrons. The van der Waals surface area contributed by atoms with Crippen LogP contribution in [0.4, 0.5) is 0 Å². The second kappa shape index (κ2) is 5.78. The molecule has 112 valence electrons. The van der Waals surface area contributed by atoms with E-state index in [1.54, 1.807) is 11.3 Å². The van der Waals surface area contributed by atoms with Gasteiger partial charge in [0.1, 0.15) is 0 Å². The molecule has 1 saturated heterocycles. The first-order valence-corrected chi connectivity index (χ1v) is 8.50. The fourth-order valence-corrected chi connectivity index (χ4v) is 4.34. The van der Waals surface area contributed by atoms with Crippen molar-refractivity contribution in [3.8, 4) is 0 Å². The van der Waals surface area contributed by atoms with Crippen molar-refractivity contribution in [2.75, 3.05) is 0 Å². The summed E-state index contributed by atoms with van der Waals surface area (Å²) in [6, 6.07) is 8.57. The predicted octanol–water partition coefficient (Wildman–Crippen LogP) is 3.69. The number of rotatable bonds is 2. The molecule has 0 saturated carbocycles. The van der Waals surface area contributed by atoms with E-state index in [1.165, 1.54) is 15.6 Å². The second-order valence-corrected chi connectivity index (χ2v) is 6.99. The second-order valence-electron chi connectivity index (χ2n) is 6.08.